The van der Waals surface area contributed by atoms with Crippen LogP contribution in [0.25, 0.3) is 0 Å². The summed E-state index contributed by atoms with van der Waals surface area (Å²) in [5, 5.41) is 5.50. The van der Waals surface area contributed by atoms with Gasteiger partial charge >= 0.3 is 5.97 Å². The second kappa shape index (κ2) is 8.16. The summed E-state index contributed by atoms with van der Waals surface area (Å²) < 4.78 is 9.77. The van der Waals surface area contributed by atoms with Crippen LogP contribution in [-0.4, -0.2) is 30.4 Å². The van der Waals surface area contributed by atoms with Crippen molar-refractivity contribution in [1.29, 1.82) is 0 Å². The molecule has 24 heavy (non-hydrogen) atoms. The van der Waals surface area contributed by atoms with Crippen LogP contribution in [0.1, 0.15) is 17.5 Å². The predicted molar refractivity (Wildman–Crippen MR) is 86.7 cm³/mol. The minimum atomic E-state index is -0.925. The Morgan fingerprint density at radius 2 is 1.92 bits per heavy atom. The molecule has 1 aromatic heterocycles. The van der Waals surface area contributed by atoms with Crippen molar-refractivity contribution in [2.24, 2.45) is 0 Å². The highest BCUT2D eigenvalue weighted by atomic mass is 35.5. The van der Waals surface area contributed by atoms with Crippen LogP contribution in [0.5, 0.6) is 0 Å². The van der Waals surface area contributed by atoms with Crippen LogP contribution in [0, 0.1) is 0 Å². The Morgan fingerprint density at radius 1 is 1.21 bits per heavy atom. The fraction of sp³-hybridized carbons (Fsp3) is 0.188. The van der Waals surface area contributed by atoms with E-state index < -0.39 is 30.4 Å². The SMILES string of the molecule is C[C@H](NC(=O)c1ccco1)C(=O)OCC(=O)Nc1ccc(Cl)cc1. The standard InChI is InChI=1S/C16H15ClN2O5/c1-10(18-15(21)13-3-2-8-23-13)16(22)24-9-14(20)19-12-6-4-11(17)5-7-12/h2-8,10H,9H2,1H3,(H,18,21)(H,19,20)/t10-/m0/s1. The average Bonchev–Trinajstić information content (AvgIpc) is 3.09. The number of rotatable bonds is 6. The van der Waals surface area contributed by atoms with Gasteiger partial charge in [-0.3, -0.25) is 9.59 Å². The lowest BCUT2D eigenvalue weighted by Crippen LogP contribution is -2.40. The van der Waals surface area contributed by atoms with Crippen molar-refractivity contribution in [1.82, 2.24) is 5.32 Å². The van der Waals surface area contributed by atoms with Gasteiger partial charge in [-0.05, 0) is 43.3 Å². The van der Waals surface area contributed by atoms with Crippen LogP contribution in [0.4, 0.5) is 5.69 Å². The Balaban J connectivity index is 1.76. The van der Waals surface area contributed by atoms with Crippen molar-refractivity contribution in [2.45, 2.75) is 13.0 Å². The number of halogens is 1. The van der Waals surface area contributed by atoms with E-state index in [1.54, 1.807) is 30.3 Å². The maximum atomic E-state index is 11.8. The molecule has 126 valence electrons. The molecule has 0 aliphatic rings. The minimum Gasteiger partial charge on any atom is -0.459 e. The lowest BCUT2D eigenvalue weighted by Gasteiger charge is -2.12. The monoisotopic (exact) mass is 350 g/mol. The van der Waals surface area contributed by atoms with Gasteiger partial charge in [0.25, 0.3) is 11.8 Å². The van der Waals surface area contributed by atoms with Gasteiger partial charge in [-0.1, -0.05) is 11.6 Å². The number of benzene rings is 1. The first-order valence-electron chi connectivity index (χ1n) is 7.02. The molecule has 2 rings (SSSR count). The fourth-order valence-electron chi connectivity index (χ4n) is 1.73. The van der Waals surface area contributed by atoms with Gasteiger partial charge in [-0.25, -0.2) is 4.79 Å². The molecule has 7 nitrogen and oxygen atoms in total. The lowest BCUT2D eigenvalue weighted by atomic mass is 10.3. The number of esters is 1. The van der Waals surface area contributed by atoms with E-state index in [4.69, 9.17) is 20.8 Å². The second-order valence-corrected chi connectivity index (χ2v) is 5.27. The second-order valence-electron chi connectivity index (χ2n) is 4.84. The fourth-order valence-corrected chi connectivity index (χ4v) is 1.85. The Morgan fingerprint density at radius 3 is 2.54 bits per heavy atom. The Kier molecular flexibility index (Phi) is 5.97. The van der Waals surface area contributed by atoms with Gasteiger partial charge in [0.2, 0.25) is 0 Å². The van der Waals surface area contributed by atoms with Gasteiger partial charge in [0, 0.05) is 10.7 Å². The molecule has 1 aromatic carbocycles. The van der Waals surface area contributed by atoms with Gasteiger partial charge < -0.3 is 19.8 Å². The summed E-state index contributed by atoms with van der Waals surface area (Å²) >= 11 is 5.74. The van der Waals surface area contributed by atoms with Gasteiger partial charge in [0.05, 0.1) is 6.26 Å². The summed E-state index contributed by atoms with van der Waals surface area (Å²) in [5.74, 6) is -1.71. The molecule has 8 heteroatoms. The van der Waals surface area contributed by atoms with Crippen LogP contribution in [0.3, 0.4) is 0 Å². The molecule has 0 aliphatic heterocycles. The van der Waals surface area contributed by atoms with Crippen LogP contribution in [-0.2, 0) is 14.3 Å². The van der Waals surface area contributed by atoms with Crippen molar-refractivity contribution < 1.29 is 23.5 Å². The van der Waals surface area contributed by atoms with Crippen molar-refractivity contribution >= 4 is 35.1 Å². The number of anilines is 1. The molecule has 0 fully saturated rings. The zero-order valence-corrected chi connectivity index (χ0v) is 13.5. The molecular weight excluding hydrogens is 336 g/mol. The van der Waals surface area contributed by atoms with E-state index in [-0.39, 0.29) is 5.76 Å². The number of amides is 2. The normalized spacial score (nSPS) is 11.4. The first-order valence-corrected chi connectivity index (χ1v) is 7.40. The molecule has 0 saturated carbocycles. The smallest absolute Gasteiger partial charge is 0.328 e. The van der Waals surface area contributed by atoms with E-state index in [0.29, 0.717) is 10.7 Å². The number of nitrogens with one attached hydrogen (secondary N) is 2. The highest BCUT2D eigenvalue weighted by molar-refractivity contribution is 6.30. The van der Waals surface area contributed by atoms with Gasteiger partial charge in [0.15, 0.2) is 12.4 Å². The topological polar surface area (TPSA) is 97.6 Å². The van der Waals surface area contributed by atoms with Crippen LogP contribution >= 0.6 is 11.6 Å². The highest BCUT2D eigenvalue weighted by Crippen LogP contribution is 2.13. The summed E-state index contributed by atoms with van der Waals surface area (Å²) in [6, 6.07) is 8.57. The highest BCUT2D eigenvalue weighted by Gasteiger charge is 2.20. The van der Waals surface area contributed by atoms with Crippen molar-refractivity contribution in [2.75, 3.05) is 11.9 Å². The summed E-state index contributed by atoms with van der Waals surface area (Å²) in [4.78, 5) is 35.2. The largest absolute Gasteiger partial charge is 0.459 e. The summed E-state index contributed by atoms with van der Waals surface area (Å²) in [6.07, 6.45) is 1.35. The third-order valence-corrected chi connectivity index (χ3v) is 3.17. The third kappa shape index (κ3) is 5.13. The Bertz CT molecular complexity index is 713. The summed E-state index contributed by atoms with van der Waals surface area (Å²) in [7, 11) is 0. The Labute approximate surface area is 142 Å². The average molecular weight is 351 g/mol. The molecule has 0 aliphatic carbocycles. The van der Waals surface area contributed by atoms with E-state index in [2.05, 4.69) is 10.6 Å². The number of carbonyl (C=O) groups excluding carboxylic acids is 3. The summed E-state index contributed by atoms with van der Waals surface area (Å²) in [5.41, 5.74) is 0.527. The predicted octanol–water partition coefficient (Wildman–Crippen LogP) is 2.23. The zero-order valence-electron chi connectivity index (χ0n) is 12.7. The number of furan rings is 1. The molecule has 0 bridgehead atoms. The molecule has 2 N–H and O–H groups in total. The number of carbonyl (C=O) groups is 3. The molecule has 2 amide bonds. The van der Waals surface area contributed by atoms with E-state index in [1.807, 2.05) is 0 Å². The number of ether oxygens (including phenoxy) is 1. The molecule has 1 heterocycles. The van der Waals surface area contributed by atoms with E-state index in [9.17, 15) is 14.4 Å². The lowest BCUT2D eigenvalue weighted by molar-refractivity contribution is -0.148. The van der Waals surface area contributed by atoms with E-state index in [0.717, 1.165) is 0 Å². The first kappa shape index (κ1) is 17.6. The van der Waals surface area contributed by atoms with Crippen molar-refractivity contribution in [3.05, 3.63) is 53.4 Å². The maximum Gasteiger partial charge on any atom is 0.328 e. The van der Waals surface area contributed by atoms with Crippen molar-refractivity contribution in [3.63, 3.8) is 0 Å². The third-order valence-electron chi connectivity index (χ3n) is 2.92. The van der Waals surface area contributed by atoms with Crippen molar-refractivity contribution in [3.8, 4) is 0 Å². The van der Waals surface area contributed by atoms with Crippen LogP contribution in [0.2, 0.25) is 5.02 Å². The molecule has 0 saturated heterocycles. The quantitative estimate of drug-likeness (QED) is 0.778. The minimum absolute atomic E-state index is 0.0788. The van der Waals surface area contributed by atoms with Crippen LogP contribution in [0.15, 0.2) is 47.1 Å². The zero-order chi connectivity index (χ0) is 17.5. The molecule has 0 radical (unpaired) electrons. The van der Waals surface area contributed by atoms with Gasteiger partial charge in [-0.15, -0.1) is 0 Å². The molecule has 0 spiro atoms. The maximum absolute atomic E-state index is 11.8. The van der Waals surface area contributed by atoms with E-state index in [1.165, 1.54) is 19.3 Å². The Hall–Kier alpha value is -2.80. The molecule has 1 atom stereocenters. The van der Waals surface area contributed by atoms with Gasteiger partial charge in [-0.2, -0.15) is 0 Å². The molecular formula is C16H15ClN2O5. The first-order chi connectivity index (χ1) is 11.5. The van der Waals surface area contributed by atoms with Gasteiger partial charge in [0.1, 0.15) is 6.04 Å². The molecule has 0 unspecified atom stereocenters. The number of hydrogen-bond donors (Lipinski definition) is 2. The molecule has 2 aromatic rings. The van der Waals surface area contributed by atoms with Crippen LogP contribution < -0.4 is 10.6 Å². The summed E-state index contributed by atoms with van der Waals surface area (Å²) in [6.45, 7) is 0.975. The van der Waals surface area contributed by atoms with E-state index >= 15 is 0 Å². The number of hydrogen-bond acceptors (Lipinski definition) is 5.